The summed E-state index contributed by atoms with van der Waals surface area (Å²) in [6.45, 7) is 5.55. The van der Waals surface area contributed by atoms with Gasteiger partial charge in [0.15, 0.2) is 6.61 Å². The Bertz CT molecular complexity index is 1040. The summed E-state index contributed by atoms with van der Waals surface area (Å²) in [7, 11) is 0. The normalized spacial score (nSPS) is 11.1. The zero-order valence-corrected chi connectivity index (χ0v) is 18.6. The summed E-state index contributed by atoms with van der Waals surface area (Å²) in [5.74, 6) is 0.322. The van der Waals surface area contributed by atoms with Gasteiger partial charge in [-0.05, 0) is 56.2 Å². The van der Waals surface area contributed by atoms with Crippen molar-refractivity contribution < 1.29 is 9.53 Å². The summed E-state index contributed by atoms with van der Waals surface area (Å²) in [4.78, 5) is 12.1. The van der Waals surface area contributed by atoms with E-state index < -0.39 is 0 Å². The van der Waals surface area contributed by atoms with Crippen LogP contribution in [0.25, 0.3) is 5.69 Å². The lowest BCUT2D eigenvalue weighted by Crippen LogP contribution is -2.25. The predicted molar refractivity (Wildman–Crippen MR) is 118 cm³/mol. The van der Waals surface area contributed by atoms with E-state index in [1.807, 2.05) is 63.2 Å². The molecule has 0 radical (unpaired) electrons. The predicted octanol–water partition coefficient (Wildman–Crippen LogP) is 4.74. The van der Waals surface area contributed by atoms with Crippen molar-refractivity contribution in [1.29, 1.82) is 0 Å². The molecule has 0 aliphatic carbocycles. The molecule has 1 heterocycles. The first-order chi connectivity index (χ1) is 13.9. The number of hydrogen-bond donors (Lipinski definition) is 1. The summed E-state index contributed by atoms with van der Waals surface area (Å²) in [5, 5.41) is 8.84. The fourth-order valence-corrected chi connectivity index (χ4v) is 3.87. The highest BCUT2D eigenvalue weighted by Crippen LogP contribution is 2.27. The Labute approximate surface area is 182 Å². The number of aromatic nitrogens is 2. The van der Waals surface area contributed by atoms with E-state index in [1.165, 1.54) is 6.21 Å². The number of rotatable bonds is 6. The summed E-state index contributed by atoms with van der Waals surface area (Å²) in [6.07, 6.45) is 1.48. The van der Waals surface area contributed by atoms with Crippen LogP contribution in [-0.4, -0.2) is 28.5 Å². The van der Waals surface area contributed by atoms with Crippen molar-refractivity contribution in [2.75, 3.05) is 6.61 Å². The van der Waals surface area contributed by atoms with Gasteiger partial charge in [-0.3, -0.25) is 4.79 Å². The topological polar surface area (TPSA) is 68.5 Å². The minimum atomic E-state index is -0.368. The number of nitrogens with one attached hydrogen (secondary N) is 1. The highest BCUT2D eigenvalue weighted by atomic mass is 79.9. The molecule has 0 fully saturated rings. The average molecular weight is 476 g/mol. The largest absolute Gasteiger partial charge is 0.483 e. The molecule has 0 aliphatic rings. The molecule has 0 aliphatic heterocycles. The minimum absolute atomic E-state index is 0.142. The van der Waals surface area contributed by atoms with Crippen LogP contribution < -0.4 is 10.2 Å². The van der Waals surface area contributed by atoms with Gasteiger partial charge in [0.2, 0.25) is 0 Å². The van der Waals surface area contributed by atoms with Crippen molar-refractivity contribution in [3.8, 4) is 11.4 Å². The molecule has 29 heavy (non-hydrogen) atoms. The number of halogens is 2. The first-order valence-electron chi connectivity index (χ1n) is 8.89. The molecule has 2 aromatic carbocycles. The molecular formula is C21H20BrClN4O2. The standard InChI is InChI=1S/C21H20BrClN4O2/c1-13-9-16(22)10-14(2)20(13)29-12-19(28)25-24-11-18-15(3)26-27(21(18)23)17-7-5-4-6-8-17/h4-11H,12H2,1-3H3,(H,25,28)/b24-11-. The lowest BCUT2D eigenvalue weighted by molar-refractivity contribution is -0.123. The Hall–Kier alpha value is -2.64. The third-order valence-corrected chi connectivity index (χ3v) is 5.03. The Kier molecular flexibility index (Phi) is 6.71. The molecular weight excluding hydrogens is 456 g/mol. The van der Waals surface area contributed by atoms with E-state index in [0.717, 1.165) is 21.3 Å². The molecule has 6 nitrogen and oxygen atoms in total. The van der Waals surface area contributed by atoms with Crippen molar-refractivity contribution >= 4 is 39.7 Å². The van der Waals surface area contributed by atoms with Gasteiger partial charge in [0.25, 0.3) is 5.91 Å². The second kappa shape index (κ2) is 9.24. The summed E-state index contributed by atoms with van der Waals surface area (Å²) >= 11 is 9.88. The molecule has 0 bridgehead atoms. The summed E-state index contributed by atoms with van der Waals surface area (Å²) in [6, 6.07) is 13.4. The van der Waals surface area contributed by atoms with Crippen LogP contribution in [0.3, 0.4) is 0 Å². The van der Waals surface area contributed by atoms with E-state index in [2.05, 4.69) is 31.6 Å². The van der Waals surface area contributed by atoms with E-state index in [1.54, 1.807) is 4.68 Å². The van der Waals surface area contributed by atoms with Crippen LogP contribution in [0, 0.1) is 20.8 Å². The van der Waals surface area contributed by atoms with Gasteiger partial charge in [-0.25, -0.2) is 10.1 Å². The molecule has 1 N–H and O–H groups in total. The van der Waals surface area contributed by atoms with Gasteiger partial charge in [0.05, 0.1) is 23.2 Å². The highest BCUT2D eigenvalue weighted by molar-refractivity contribution is 9.10. The monoisotopic (exact) mass is 474 g/mol. The Morgan fingerprint density at radius 2 is 1.90 bits per heavy atom. The Morgan fingerprint density at radius 3 is 2.55 bits per heavy atom. The second-order valence-electron chi connectivity index (χ2n) is 6.49. The molecule has 1 aromatic heterocycles. The maximum atomic E-state index is 12.1. The van der Waals surface area contributed by atoms with Gasteiger partial charge in [-0.15, -0.1) is 0 Å². The molecule has 0 unspecified atom stereocenters. The molecule has 1 amide bonds. The lowest BCUT2D eigenvalue weighted by atomic mass is 10.1. The average Bonchev–Trinajstić information content (AvgIpc) is 2.96. The van der Waals surface area contributed by atoms with Gasteiger partial charge < -0.3 is 4.74 Å². The first kappa shape index (κ1) is 21.1. The molecule has 3 rings (SSSR count). The zero-order valence-electron chi connectivity index (χ0n) is 16.2. The van der Waals surface area contributed by atoms with Crippen molar-refractivity contribution in [2.45, 2.75) is 20.8 Å². The number of hydrogen-bond acceptors (Lipinski definition) is 4. The minimum Gasteiger partial charge on any atom is -0.483 e. The van der Waals surface area contributed by atoms with Crippen molar-refractivity contribution in [3.63, 3.8) is 0 Å². The van der Waals surface area contributed by atoms with Gasteiger partial charge >= 0.3 is 0 Å². The fraction of sp³-hybridized carbons (Fsp3) is 0.190. The van der Waals surface area contributed by atoms with E-state index in [-0.39, 0.29) is 12.5 Å². The molecule has 0 spiro atoms. The molecule has 3 aromatic rings. The Balaban J connectivity index is 1.63. The van der Waals surface area contributed by atoms with E-state index in [9.17, 15) is 4.79 Å². The fourth-order valence-electron chi connectivity index (χ4n) is 2.86. The number of ether oxygens (including phenoxy) is 1. The van der Waals surface area contributed by atoms with Crippen molar-refractivity contribution in [2.24, 2.45) is 5.10 Å². The van der Waals surface area contributed by atoms with Crippen molar-refractivity contribution in [1.82, 2.24) is 15.2 Å². The number of nitrogens with zero attached hydrogens (tertiary/aromatic N) is 3. The summed E-state index contributed by atoms with van der Waals surface area (Å²) in [5.41, 5.74) is 6.54. The highest BCUT2D eigenvalue weighted by Gasteiger charge is 2.13. The number of aryl methyl sites for hydroxylation is 3. The second-order valence-corrected chi connectivity index (χ2v) is 7.76. The number of carbonyl (C=O) groups excluding carboxylic acids is 1. The van der Waals surface area contributed by atoms with E-state index >= 15 is 0 Å². The van der Waals surface area contributed by atoms with Crippen LogP contribution >= 0.6 is 27.5 Å². The van der Waals surface area contributed by atoms with Crippen LogP contribution in [0.2, 0.25) is 5.15 Å². The number of hydrazone groups is 1. The zero-order chi connectivity index (χ0) is 21.0. The lowest BCUT2D eigenvalue weighted by Gasteiger charge is -2.11. The van der Waals surface area contributed by atoms with Crippen LogP contribution in [0.15, 0.2) is 52.0 Å². The molecule has 0 saturated heterocycles. The first-order valence-corrected chi connectivity index (χ1v) is 10.1. The van der Waals surface area contributed by atoms with Gasteiger partial charge in [0, 0.05) is 4.47 Å². The molecule has 0 atom stereocenters. The van der Waals surface area contributed by atoms with E-state index in [0.29, 0.717) is 22.2 Å². The molecule has 150 valence electrons. The number of amides is 1. The van der Waals surface area contributed by atoms with Crippen LogP contribution in [-0.2, 0) is 4.79 Å². The third kappa shape index (κ3) is 5.05. The summed E-state index contributed by atoms with van der Waals surface area (Å²) < 4.78 is 8.24. The number of benzene rings is 2. The van der Waals surface area contributed by atoms with Gasteiger partial charge in [0.1, 0.15) is 10.9 Å². The number of para-hydroxylation sites is 1. The van der Waals surface area contributed by atoms with Gasteiger partial charge in [-0.1, -0.05) is 45.7 Å². The SMILES string of the molecule is Cc1cc(Br)cc(C)c1OCC(=O)N/N=C\c1c(C)nn(-c2ccccc2)c1Cl. The van der Waals surface area contributed by atoms with Crippen molar-refractivity contribution in [3.05, 3.63) is 74.5 Å². The van der Waals surface area contributed by atoms with Crippen LogP contribution in [0.4, 0.5) is 0 Å². The van der Waals surface area contributed by atoms with Crippen LogP contribution in [0.5, 0.6) is 5.75 Å². The van der Waals surface area contributed by atoms with E-state index in [4.69, 9.17) is 16.3 Å². The maximum absolute atomic E-state index is 12.1. The molecule has 8 heteroatoms. The number of carbonyl (C=O) groups is 1. The van der Waals surface area contributed by atoms with Gasteiger partial charge in [-0.2, -0.15) is 10.2 Å². The Morgan fingerprint density at radius 1 is 1.24 bits per heavy atom. The van der Waals surface area contributed by atoms with Crippen LogP contribution in [0.1, 0.15) is 22.4 Å². The smallest absolute Gasteiger partial charge is 0.277 e. The quantitative estimate of drug-likeness (QED) is 0.413. The third-order valence-electron chi connectivity index (χ3n) is 4.20. The molecule has 0 saturated carbocycles. The maximum Gasteiger partial charge on any atom is 0.277 e.